The van der Waals surface area contributed by atoms with E-state index in [1.807, 2.05) is 13.8 Å². The van der Waals surface area contributed by atoms with E-state index in [2.05, 4.69) is 5.32 Å². The lowest BCUT2D eigenvalue weighted by Crippen LogP contribution is -2.38. The van der Waals surface area contributed by atoms with Crippen LogP contribution in [-0.2, 0) is 14.8 Å². The van der Waals surface area contributed by atoms with Gasteiger partial charge in [0.05, 0.1) is 16.7 Å². The normalized spacial score (nSPS) is 11.2. The van der Waals surface area contributed by atoms with Crippen molar-refractivity contribution in [3.8, 4) is 5.75 Å². The second-order valence-electron chi connectivity index (χ2n) is 7.05. The number of rotatable bonds is 8. The van der Waals surface area contributed by atoms with Gasteiger partial charge in [0.15, 0.2) is 0 Å². The summed E-state index contributed by atoms with van der Waals surface area (Å²) in [6, 6.07) is 21.3. The highest BCUT2D eigenvalue weighted by Gasteiger charge is 2.27. The molecule has 8 heteroatoms. The number of hydrogen-bond acceptors (Lipinski definition) is 4. The second-order valence-corrected chi connectivity index (χ2v) is 9.35. The Bertz CT molecular complexity index is 1150. The molecule has 6 nitrogen and oxygen atoms in total. The molecule has 0 saturated carbocycles. The lowest BCUT2D eigenvalue weighted by Gasteiger charge is -2.24. The molecule has 0 aliphatic rings. The molecule has 0 aromatic heterocycles. The maximum absolute atomic E-state index is 13.3. The quantitative estimate of drug-likeness (QED) is 0.517. The monoisotopic (exact) mass is 458 g/mol. The SMILES string of the molecule is CC(C)Oc1cccc(NC(=O)CN(c2cccc(Cl)c2)S(=O)(=O)c2ccccc2)c1. The highest BCUT2D eigenvalue weighted by Crippen LogP contribution is 2.26. The van der Waals surface area contributed by atoms with Gasteiger partial charge in [-0.1, -0.05) is 41.9 Å². The molecule has 0 atom stereocenters. The Balaban J connectivity index is 1.88. The average molecular weight is 459 g/mol. The van der Waals surface area contributed by atoms with Crippen molar-refractivity contribution >= 4 is 38.9 Å². The smallest absolute Gasteiger partial charge is 0.264 e. The van der Waals surface area contributed by atoms with E-state index < -0.39 is 22.5 Å². The molecule has 0 saturated heterocycles. The van der Waals surface area contributed by atoms with Gasteiger partial charge in [-0.3, -0.25) is 9.10 Å². The largest absolute Gasteiger partial charge is 0.491 e. The number of benzene rings is 3. The first kappa shape index (κ1) is 22.7. The van der Waals surface area contributed by atoms with E-state index in [-0.39, 0.29) is 11.0 Å². The number of nitrogens with one attached hydrogen (secondary N) is 1. The lowest BCUT2D eigenvalue weighted by molar-refractivity contribution is -0.114. The van der Waals surface area contributed by atoms with Gasteiger partial charge < -0.3 is 10.1 Å². The van der Waals surface area contributed by atoms with Gasteiger partial charge in [0.25, 0.3) is 10.0 Å². The standard InChI is InChI=1S/C23H23ClN2O4S/c1-17(2)30-21-11-7-9-19(15-21)25-23(27)16-26(20-10-6-8-18(24)14-20)31(28,29)22-12-4-3-5-13-22/h3-15,17H,16H2,1-2H3,(H,25,27). The Kier molecular flexibility index (Phi) is 7.20. The van der Waals surface area contributed by atoms with E-state index in [1.54, 1.807) is 60.7 Å². The highest BCUT2D eigenvalue weighted by atomic mass is 35.5. The topological polar surface area (TPSA) is 75.7 Å². The maximum atomic E-state index is 13.3. The van der Waals surface area contributed by atoms with Crippen molar-refractivity contribution in [2.24, 2.45) is 0 Å². The summed E-state index contributed by atoms with van der Waals surface area (Å²) in [5.74, 6) is 0.109. The van der Waals surface area contributed by atoms with Crippen LogP contribution in [0.3, 0.4) is 0 Å². The number of nitrogens with zero attached hydrogens (tertiary/aromatic N) is 1. The van der Waals surface area contributed by atoms with Crippen LogP contribution in [0, 0.1) is 0 Å². The van der Waals surface area contributed by atoms with Gasteiger partial charge >= 0.3 is 0 Å². The fourth-order valence-corrected chi connectivity index (χ4v) is 4.53. The van der Waals surface area contributed by atoms with Crippen LogP contribution in [0.4, 0.5) is 11.4 Å². The predicted molar refractivity (Wildman–Crippen MR) is 123 cm³/mol. The van der Waals surface area contributed by atoms with Crippen LogP contribution in [0.5, 0.6) is 5.75 Å². The van der Waals surface area contributed by atoms with Gasteiger partial charge in [-0.15, -0.1) is 0 Å². The summed E-state index contributed by atoms with van der Waals surface area (Å²) < 4.78 is 33.3. The van der Waals surface area contributed by atoms with E-state index in [1.165, 1.54) is 18.2 Å². The minimum absolute atomic E-state index is 0.0136. The molecular weight excluding hydrogens is 436 g/mol. The molecule has 0 spiro atoms. The summed E-state index contributed by atoms with van der Waals surface area (Å²) in [4.78, 5) is 12.9. The van der Waals surface area contributed by atoms with Gasteiger partial charge in [0.2, 0.25) is 5.91 Å². The first-order valence-electron chi connectivity index (χ1n) is 9.65. The summed E-state index contributed by atoms with van der Waals surface area (Å²) in [6.45, 7) is 3.39. The summed E-state index contributed by atoms with van der Waals surface area (Å²) in [5, 5.41) is 3.10. The number of hydrogen-bond donors (Lipinski definition) is 1. The molecule has 0 bridgehead atoms. The van der Waals surface area contributed by atoms with Crippen molar-refractivity contribution < 1.29 is 17.9 Å². The molecule has 3 rings (SSSR count). The third-order valence-corrected chi connectivity index (χ3v) is 6.23. The van der Waals surface area contributed by atoms with Crippen LogP contribution in [0.2, 0.25) is 5.02 Å². The van der Waals surface area contributed by atoms with Gasteiger partial charge in [0, 0.05) is 16.8 Å². The second kappa shape index (κ2) is 9.85. The number of sulfonamides is 1. The minimum Gasteiger partial charge on any atom is -0.491 e. The molecule has 31 heavy (non-hydrogen) atoms. The fourth-order valence-electron chi connectivity index (χ4n) is 2.92. The summed E-state index contributed by atoms with van der Waals surface area (Å²) in [5.41, 5.74) is 0.801. The molecule has 3 aromatic carbocycles. The zero-order valence-electron chi connectivity index (χ0n) is 17.2. The first-order chi connectivity index (χ1) is 14.8. The molecule has 162 valence electrons. The van der Waals surface area contributed by atoms with Crippen molar-refractivity contribution in [1.29, 1.82) is 0 Å². The molecule has 0 aliphatic carbocycles. The number of carbonyl (C=O) groups is 1. The molecule has 0 radical (unpaired) electrons. The Morgan fingerprint density at radius 1 is 1.00 bits per heavy atom. The number of anilines is 2. The van der Waals surface area contributed by atoms with Crippen LogP contribution in [-0.4, -0.2) is 27.0 Å². The number of halogens is 1. The van der Waals surface area contributed by atoms with Gasteiger partial charge in [-0.25, -0.2) is 8.42 Å². The Labute approximate surface area is 187 Å². The number of ether oxygens (including phenoxy) is 1. The zero-order chi connectivity index (χ0) is 22.4. The minimum atomic E-state index is -3.99. The molecule has 0 fully saturated rings. The highest BCUT2D eigenvalue weighted by molar-refractivity contribution is 7.92. The van der Waals surface area contributed by atoms with Gasteiger partial charge in [-0.2, -0.15) is 0 Å². The molecule has 1 N–H and O–H groups in total. The van der Waals surface area contributed by atoms with Gasteiger partial charge in [0.1, 0.15) is 12.3 Å². The fraction of sp³-hybridized carbons (Fsp3) is 0.174. The van der Waals surface area contributed by atoms with E-state index in [4.69, 9.17) is 16.3 Å². The summed E-state index contributed by atoms with van der Waals surface area (Å²) in [7, 11) is -3.99. The van der Waals surface area contributed by atoms with Crippen LogP contribution >= 0.6 is 11.6 Å². The Morgan fingerprint density at radius 2 is 1.71 bits per heavy atom. The van der Waals surface area contributed by atoms with Crippen molar-refractivity contribution in [2.45, 2.75) is 24.8 Å². The lowest BCUT2D eigenvalue weighted by atomic mass is 10.3. The van der Waals surface area contributed by atoms with Crippen LogP contribution in [0.25, 0.3) is 0 Å². The zero-order valence-corrected chi connectivity index (χ0v) is 18.7. The summed E-state index contributed by atoms with van der Waals surface area (Å²) in [6.07, 6.45) is -0.0136. The molecule has 0 unspecified atom stereocenters. The Hall–Kier alpha value is -3.03. The van der Waals surface area contributed by atoms with E-state index >= 15 is 0 Å². The first-order valence-corrected chi connectivity index (χ1v) is 11.5. The van der Waals surface area contributed by atoms with Gasteiger partial charge in [-0.05, 0) is 56.3 Å². The van der Waals surface area contributed by atoms with Crippen LogP contribution < -0.4 is 14.4 Å². The number of amides is 1. The van der Waals surface area contributed by atoms with Crippen molar-refractivity contribution in [3.63, 3.8) is 0 Å². The van der Waals surface area contributed by atoms with Crippen molar-refractivity contribution in [3.05, 3.63) is 83.9 Å². The molecule has 3 aromatic rings. The average Bonchev–Trinajstić information content (AvgIpc) is 2.72. The van der Waals surface area contributed by atoms with Crippen LogP contribution in [0.1, 0.15) is 13.8 Å². The Morgan fingerprint density at radius 3 is 2.39 bits per heavy atom. The van der Waals surface area contributed by atoms with Crippen molar-refractivity contribution in [1.82, 2.24) is 0 Å². The third-order valence-electron chi connectivity index (χ3n) is 4.20. The van der Waals surface area contributed by atoms with Crippen LogP contribution in [0.15, 0.2) is 83.8 Å². The van der Waals surface area contributed by atoms with E-state index in [0.717, 1.165) is 4.31 Å². The molecule has 1 amide bonds. The number of carbonyl (C=O) groups excluding carboxylic acids is 1. The van der Waals surface area contributed by atoms with E-state index in [9.17, 15) is 13.2 Å². The molecule has 0 aliphatic heterocycles. The maximum Gasteiger partial charge on any atom is 0.264 e. The predicted octanol–water partition coefficient (Wildman–Crippen LogP) is 4.96. The van der Waals surface area contributed by atoms with Crippen molar-refractivity contribution in [2.75, 3.05) is 16.2 Å². The van der Waals surface area contributed by atoms with E-state index in [0.29, 0.717) is 22.1 Å². The summed E-state index contributed by atoms with van der Waals surface area (Å²) >= 11 is 6.07. The molecule has 0 heterocycles. The third kappa shape index (κ3) is 5.99. The molecular formula is C23H23ClN2O4S.